The molecule has 0 unspecified atom stereocenters. The Balaban J connectivity index is 1.66. The smallest absolute Gasteiger partial charge is 0.161 e. The number of hydrogen-bond acceptors (Lipinski definition) is 6. The van der Waals surface area contributed by atoms with Crippen molar-refractivity contribution in [2.24, 2.45) is 0 Å². The second-order valence-electron chi connectivity index (χ2n) is 7.69. The first-order chi connectivity index (χ1) is 17.5. The van der Waals surface area contributed by atoms with Crippen molar-refractivity contribution < 1.29 is 9.47 Å². The van der Waals surface area contributed by atoms with E-state index in [2.05, 4.69) is 17.2 Å². The number of nitrogen functional groups attached to an aromatic ring is 1. The van der Waals surface area contributed by atoms with E-state index in [0.29, 0.717) is 41.0 Å². The lowest BCUT2D eigenvalue weighted by molar-refractivity contribution is 0.269. The molecule has 0 amide bonds. The minimum Gasteiger partial charge on any atom is -0.490 e. The van der Waals surface area contributed by atoms with Crippen LogP contribution >= 0.6 is 11.6 Å². The number of para-hydroxylation sites is 1. The van der Waals surface area contributed by atoms with Crippen LogP contribution in [0.4, 0.5) is 5.82 Å². The number of allylic oxidation sites excluding steroid dienone is 1. The molecule has 8 heteroatoms. The summed E-state index contributed by atoms with van der Waals surface area (Å²) in [6.07, 6.45) is 1.64. The average molecular weight is 496 g/mol. The van der Waals surface area contributed by atoms with Crippen LogP contribution in [0.2, 0.25) is 5.02 Å². The third-order valence-corrected chi connectivity index (χ3v) is 5.55. The first-order valence-electron chi connectivity index (χ1n) is 11.1. The van der Waals surface area contributed by atoms with Crippen LogP contribution < -0.4 is 15.2 Å². The third-order valence-electron chi connectivity index (χ3n) is 5.30. The average Bonchev–Trinajstić information content (AvgIpc) is 3.24. The maximum atomic E-state index is 9.91. The van der Waals surface area contributed by atoms with Gasteiger partial charge in [-0.25, -0.2) is 4.68 Å². The highest BCUT2D eigenvalue weighted by Crippen LogP contribution is 2.32. The van der Waals surface area contributed by atoms with Crippen LogP contribution in [0.5, 0.6) is 11.5 Å². The molecule has 0 fully saturated rings. The van der Waals surface area contributed by atoms with Gasteiger partial charge in [0.1, 0.15) is 35.8 Å². The molecule has 0 aliphatic carbocycles. The first-order valence-corrected chi connectivity index (χ1v) is 11.5. The van der Waals surface area contributed by atoms with E-state index in [4.69, 9.17) is 26.8 Å². The molecule has 3 aromatic carbocycles. The van der Waals surface area contributed by atoms with Crippen molar-refractivity contribution >= 4 is 29.1 Å². The van der Waals surface area contributed by atoms with Gasteiger partial charge >= 0.3 is 0 Å². The number of hydrogen-bond donors (Lipinski definition) is 1. The quantitative estimate of drug-likeness (QED) is 0.299. The number of nitriles is 2. The largest absolute Gasteiger partial charge is 0.490 e. The van der Waals surface area contributed by atoms with Gasteiger partial charge in [-0.2, -0.15) is 15.6 Å². The Bertz CT molecular complexity index is 1480. The molecule has 0 aliphatic rings. The summed E-state index contributed by atoms with van der Waals surface area (Å²) in [6, 6.07) is 26.2. The Morgan fingerprint density at radius 1 is 1.03 bits per heavy atom. The highest BCUT2D eigenvalue weighted by molar-refractivity contribution is 6.30. The van der Waals surface area contributed by atoms with Crippen LogP contribution in [0.15, 0.2) is 72.8 Å². The van der Waals surface area contributed by atoms with Gasteiger partial charge in [-0.05, 0) is 60.5 Å². The summed E-state index contributed by atoms with van der Waals surface area (Å²) in [4.78, 5) is 0. The molecule has 2 N–H and O–H groups in total. The molecule has 0 saturated carbocycles. The van der Waals surface area contributed by atoms with Gasteiger partial charge in [-0.15, -0.1) is 0 Å². The molecule has 0 atom stereocenters. The van der Waals surface area contributed by atoms with Gasteiger partial charge in [-0.1, -0.05) is 48.0 Å². The van der Waals surface area contributed by atoms with Crippen molar-refractivity contribution in [1.29, 1.82) is 10.5 Å². The normalized spacial score (nSPS) is 10.9. The molecular weight excluding hydrogens is 474 g/mol. The molecule has 4 aromatic rings. The van der Waals surface area contributed by atoms with Gasteiger partial charge in [0.25, 0.3) is 0 Å². The fourth-order valence-electron chi connectivity index (χ4n) is 3.56. The van der Waals surface area contributed by atoms with Gasteiger partial charge in [0.15, 0.2) is 11.5 Å². The summed E-state index contributed by atoms with van der Waals surface area (Å²) in [5.74, 6) is 1.27. The predicted octanol–water partition coefficient (Wildman–Crippen LogP) is 6.02. The number of rotatable bonds is 8. The Morgan fingerprint density at radius 3 is 2.44 bits per heavy atom. The van der Waals surface area contributed by atoms with E-state index in [0.717, 1.165) is 5.56 Å². The minimum atomic E-state index is 0.139. The zero-order chi connectivity index (χ0) is 25.5. The Morgan fingerprint density at radius 2 is 1.78 bits per heavy atom. The van der Waals surface area contributed by atoms with Crippen LogP contribution in [-0.2, 0) is 6.61 Å². The standard InChI is InChI=1S/C28H22ClN5O2/c1-2-35-26-15-20(10-13-25(26)36-18-19-8-11-22(29)12-9-19)14-21(16-30)27-24(17-31)28(32)34(33-27)23-6-4-3-5-7-23/h3-15H,2,18,32H2,1H3/b21-14-. The Labute approximate surface area is 214 Å². The zero-order valence-corrected chi connectivity index (χ0v) is 20.2. The second-order valence-corrected chi connectivity index (χ2v) is 8.13. The van der Waals surface area contributed by atoms with Gasteiger partial charge in [0.05, 0.1) is 17.9 Å². The number of nitrogens with two attached hydrogens (primary N) is 1. The molecule has 0 spiro atoms. The summed E-state index contributed by atoms with van der Waals surface area (Å²) in [7, 11) is 0. The number of halogens is 1. The molecule has 7 nitrogen and oxygen atoms in total. The van der Waals surface area contributed by atoms with Crippen LogP contribution in [0.1, 0.15) is 29.3 Å². The SMILES string of the molecule is CCOc1cc(/C=C(/C#N)c2nn(-c3ccccc3)c(N)c2C#N)ccc1OCc1ccc(Cl)cc1. The zero-order valence-electron chi connectivity index (χ0n) is 19.5. The molecule has 1 heterocycles. The predicted molar refractivity (Wildman–Crippen MR) is 140 cm³/mol. The highest BCUT2D eigenvalue weighted by Gasteiger charge is 2.20. The maximum Gasteiger partial charge on any atom is 0.161 e. The molecule has 0 bridgehead atoms. The van der Waals surface area contributed by atoms with E-state index in [9.17, 15) is 10.5 Å². The van der Waals surface area contributed by atoms with E-state index in [1.165, 1.54) is 4.68 Å². The number of nitrogens with zero attached hydrogens (tertiary/aromatic N) is 4. The summed E-state index contributed by atoms with van der Waals surface area (Å²) >= 11 is 5.95. The lowest BCUT2D eigenvalue weighted by Crippen LogP contribution is -2.02. The molecule has 178 valence electrons. The van der Waals surface area contributed by atoms with E-state index in [1.54, 1.807) is 24.3 Å². The van der Waals surface area contributed by atoms with Gasteiger partial charge in [-0.3, -0.25) is 0 Å². The van der Waals surface area contributed by atoms with E-state index in [1.807, 2.05) is 61.5 Å². The fourth-order valence-corrected chi connectivity index (χ4v) is 3.69. The van der Waals surface area contributed by atoms with Crippen molar-refractivity contribution in [2.75, 3.05) is 12.3 Å². The topological polar surface area (TPSA) is 110 Å². The van der Waals surface area contributed by atoms with Gasteiger partial charge < -0.3 is 15.2 Å². The van der Waals surface area contributed by atoms with E-state index >= 15 is 0 Å². The van der Waals surface area contributed by atoms with Crippen molar-refractivity contribution in [3.05, 3.63) is 100 Å². The van der Waals surface area contributed by atoms with Crippen LogP contribution in [0.3, 0.4) is 0 Å². The molecule has 0 radical (unpaired) electrons. The fraction of sp³-hybridized carbons (Fsp3) is 0.107. The minimum absolute atomic E-state index is 0.139. The molecule has 36 heavy (non-hydrogen) atoms. The number of aromatic nitrogens is 2. The van der Waals surface area contributed by atoms with Crippen LogP contribution in [0, 0.1) is 22.7 Å². The molecular formula is C28H22ClN5O2. The van der Waals surface area contributed by atoms with Gasteiger partial charge in [0.2, 0.25) is 0 Å². The van der Waals surface area contributed by atoms with Crippen molar-refractivity contribution in [1.82, 2.24) is 9.78 Å². The summed E-state index contributed by atoms with van der Waals surface area (Å²) in [5, 5.41) is 24.8. The molecule has 0 aliphatic heterocycles. The van der Waals surface area contributed by atoms with Crippen LogP contribution in [-0.4, -0.2) is 16.4 Å². The summed E-state index contributed by atoms with van der Waals surface area (Å²) in [5.41, 5.74) is 9.09. The monoisotopic (exact) mass is 495 g/mol. The molecule has 0 saturated heterocycles. The maximum absolute atomic E-state index is 9.91. The number of ether oxygens (including phenoxy) is 2. The number of benzene rings is 3. The van der Waals surface area contributed by atoms with Gasteiger partial charge in [0, 0.05) is 5.02 Å². The summed E-state index contributed by atoms with van der Waals surface area (Å²) < 4.78 is 13.2. The van der Waals surface area contributed by atoms with E-state index in [-0.39, 0.29) is 22.6 Å². The third kappa shape index (κ3) is 5.33. The first kappa shape index (κ1) is 24.4. The second kappa shape index (κ2) is 11.1. The highest BCUT2D eigenvalue weighted by atomic mass is 35.5. The van der Waals surface area contributed by atoms with E-state index < -0.39 is 0 Å². The van der Waals surface area contributed by atoms with Crippen molar-refractivity contribution in [3.8, 4) is 29.3 Å². The Kier molecular flexibility index (Phi) is 7.55. The molecule has 1 aromatic heterocycles. The Hall–Kier alpha value is -4.72. The summed E-state index contributed by atoms with van der Waals surface area (Å²) in [6.45, 7) is 2.66. The lowest BCUT2D eigenvalue weighted by atomic mass is 10.1. The van der Waals surface area contributed by atoms with Crippen LogP contribution in [0.25, 0.3) is 17.3 Å². The molecule has 4 rings (SSSR count). The number of anilines is 1. The van der Waals surface area contributed by atoms with Crippen molar-refractivity contribution in [3.63, 3.8) is 0 Å². The lowest BCUT2D eigenvalue weighted by Gasteiger charge is -2.13. The van der Waals surface area contributed by atoms with Crippen molar-refractivity contribution in [2.45, 2.75) is 13.5 Å².